The molecular formula is C19H23N3O3S. The second-order valence-corrected chi connectivity index (χ2v) is 7.43. The number of anilines is 1. The zero-order chi connectivity index (χ0) is 18.7. The van der Waals surface area contributed by atoms with Crippen LogP contribution in [0.4, 0.5) is 5.69 Å². The van der Waals surface area contributed by atoms with Crippen LogP contribution in [0.2, 0.25) is 0 Å². The summed E-state index contributed by atoms with van der Waals surface area (Å²) in [5, 5.41) is 3.10. The third-order valence-electron chi connectivity index (χ3n) is 4.30. The van der Waals surface area contributed by atoms with E-state index in [1.165, 1.54) is 0 Å². The van der Waals surface area contributed by atoms with Crippen molar-refractivity contribution in [2.75, 3.05) is 38.2 Å². The molecule has 138 valence electrons. The first kappa shape index (κ1) is 18.5. The predicted molar refractivity (Wildman–Crippen MR) is 102 cm³/mol. The molecule has 0 radical (unpaired) electrons. The lowest BCUT2D eigenvalue weighted by Crippen LogP contribution is -2.40. The van der Waals surface area contributed by atoms with Gasteiger partial charge in [0, 0.05) is 23.2 Å². The van der Waals surface area contributed by atoms with Crippen LogP contribution in [0.3, 0.4) is 0 Å². The lowest BCUT2D eigenvalue weighted by atomic mass is 10.1. The third kappa shape index (κ3) is 4.11. The maximum absolute atomic E-state index is 12.6. The second kappa shape index (κ2) is 7.97. The number of hydrogen-bond acceptors (Lipinski definition) is 6. The highest BCUT2D eigenvalue weighted by atomic mass is 32.1. The van der Waals surface area contributed by atoms with Crippen LogP contribution in [0.15, 0.2) is 23.6 Å². The SMILES string of the molecule is CCOC(=O)CN(C)CC(=O)N1CCc2cc(-c3csc(C)n3)ccc21. The minimum Gasteiger partial charge on any atom is -0.465 e. The molecule has 0 saturated carbocycles. The standard InChI is InChI=1S/C19H23N3O3S/c1-4-25-19(24)11-21(3)10-18(23)22-8-7-15-9-14(5-6-17(15)22)16-12-26-13(2)20-16/h5-6,9,12H,4,7-8,10-11H2,1-3H3. The van der Waals surface area contributed by atoms with Crippen molar-refractivity contribution in [1.29, 1.82) is 0 Å². The molecule has 0 atom stereocenters. The van der Waals surface area contributed by atoms with E-state index >= 15 is 0 Å². The first-order chi connectivity index (χ1) is 12.5. The van der Waals surface area contributed by atoms with Crippen LogP contribution in [0.5, 0.6) is 0 Å². The average molecular weight is 373 g/mol. The quantitative estimate of drug-likeness (QED) is 0.728. The number of esters is 1. The van der Waals surface area contributed by atoms with Crippen LogP contribution >= 0.6 is 11.3 Å². The number of benzene rings is 1. The van der Waals surface area contributed by atoms with Crippen LogP contribution in [-0.4, -0.2) is 55.0 Å². The van der Waals surface area contributed by atoms with Gasteiger partial charge in [-0.15, -0.1) is 11.3 Å². The fourth-order valence-corrected chi connectivity index (χ4v) is 3.74. The Morgan fingerprint density at radius 3 is 2.85 bits per heavy atom. The molecule has 0 unspecified atom stereocenters. The second-order valence-electron chi connectivity index (χ2n) is 6.37. The highest BCUT2D eigenvalue weighted by Gasteiger charge is 2.26. The van der Waals surface area contributed by atoms with E-state index in [0.717, 1.165) is 33.9 Å². The minimum atomic E-state index is -0.312. The molecule has 2 aromatic rings. The van der Waals surface area contributed by atoms with Crippen molar-refractivity contribution in [1.82, 2.24) is 9.88 Å². The summed E-state index contributed by atoms with van der Waals surface area (Å²) in [5.74, 6) is -0.319. The monoisotopic (exact) mass is 373 g/mol. The van der Waals surface area contributed by atoms with Crippen molar-refractivity contribution in [3.8, 4) is 11.3 Å². The number of carbonyl (C=O) groups excluding carboxylic acids is 2. The van der Waals surface area contributed by atoms with E-state index in [1.807, 2.05) is 19.1 Å². The maximum atomic E-state index is 12.6. The van der Waals surface area contributed by atoms with E-state index in [0.29, 0.717) is 13.2 Å². The van der Waals surface area contributed by atoms with Crippen molar-refractivity contribution in [2.24, 2.45) is 0 Å². The Hall–Kier alpha value is -2.25. The van der Waals surface area contributed by atoms with Gasteiger partial charge in [-0.25, -0.2) is 4.98 Å². The van der Waals surface area contributed by atoms with Crippen molar-refractivity contribution in [2.45, 2.75) is 20.3 Å². The van der Waals surface area contributed by atoms with E-state index in [1.54, 1.807) is 35.1 Å². The van der Waals surface area contributed by atoms with Crippen LogP contribution in [0, 0.1) is 6.92 Å². The van der Waals surface area contributed by atoms with Crippen LogP contribution < -0.4 is 4.90 Å². The number of nitrogens with zero attached hydrogens (tertiary/aromatic N) is 3. The Labute approximate surface area is 157 Å². The van der Waals surface area contributed by atoms with Gasteiger partial charge in [-0.1, -0.05) is 6.07 Å². The van der Waals surface area contributed by atoms with Gasteiger partial charge in [0.15, 0.2) is 0 Å². The lowest BCUT2D eigenvalue weighted by molar-refractivity contribution is -0.144. The van der Waals surface area contributed by atoms with E-state index in [2.05, 4.69) is 16.4 Å². The molecule has 26 heavy (non-hydrogen) atoms. The Balaban J connectivity index is 1.67. The van der Waals surface area contributed by atoms with Gasteiger partial charge in [0.1, 0.15) is 0 Å². The van der Waals surface area contributed by atoms with E-state index in [4.69, 9.17) is 4.74 Å². The molecule has 6 nitrogen and oxygen atoms in total. The molecule has 1 aromatic carbocycles. The summed E-state index contributed by atoms with van der Waals surface area (Å²) >= 11 is 1.63. The molecule has 7 heteroatoms. The summed E-state index contributed by atoms with van der Waals surface area (Å²) in [4.78, 5) is 32.2. The fourth-order valence-electron chi connectivity index (χ4n) is 3.12. The van der Waals surface area contributed by atoms with Gasteiger partial charge in [-0.3, -0.25) is 14.5 Å². The summed E-state index contributed by atoms with van der Waals surface area (Å²) in [6.07, 6.45) is 0.833. The van der Waals surface area contributed by atoms with Crippen LogP contribution in [0.25, 0.3) is 11.3 Å². The Morgan fingerprint density at radius 1 is 1.35 bits per heavy atom. The van der Waals surface area contributed by atoms with E-state index in [-0.39, 0.29) is 25.0 Å². The molecule has 1 amide bonds. The van der Waals surface area contributed by atoms with Gasteiger partial charge in [0.05, 0.1) is 30.4 Å². The highest BCUT2D eigenvalue weighted by molar-refractivity contribution is 7.09. The van der Waals surface area contributed by atoms with Crippen molar-refractivity contribution < 1.29 is 14.3 Å². The molecule has 1 aliphatic rings. The Morgan fingerprint density at radius 2 is 2.15 bits per heavy atom. The zero-order valence-electron chi connectivity index (χ0n) is 15.3. The third-order valence-corrected chi connectivity index (χ3v) is 5.07. The van der Waals surface area contributed by atoms with Gasteiger partial charge in [-0.2, -0.15) is 0 Å². The largest absolute Gasteiger partial charge is 0.465 e. The summed E-state index contributed by atoms with van der Waals surface area (Å²) in [6.45, 7) is 5.08. The van der Waals surface area contributed by atoms with Gasteiger partial charge in [0.25, 0.3) is 0 Å². The lowest BCUT2D eigenvalue weighted by Gasteiger charge is -2.21. The number of aryl methyl sites for hydroxylation is 1. The molecule has 0 aliphatic carbocycles. The maximum Gasteiger partial charge on any atom is 0.320 e. The van der Waals surface area contributed by atoms with Crippen molar-refractivity contribution in [3.63, 3.8) is 0 Å². The van der Waals surface area contributed by atoms with Gasteiger partial charge >= 0.3 is 5.97 Å². The molecule has 0 fully saturated rings. The van der Waals surface area contributed by atoms with Crippen molar-refractivity contribution in [3.05, 3.63) is 34.2 Å². The first-order valence-electron chi connectivity index (χ1n) is 8.68. The molecule has 0 saturated heterocycles. The zero-order valence-corrected chi connectivity index (χ0v) is 16.1. The topological polar surface area (TPSA) is 62.7 Å². The predicted octanol–water partition coefficient (Wildman–Crippen LogP) is 2.50. The van der Waals surface area contributed by atoms with Gasteiger partial charge < -0.3 is 9.64 Å². The minimum absolute atomic E-state index is 0.00667. The normalized spacial score (nSPS) is 13.2. The number of likely N-dealkylation sites (N-methyl/N-ethyl adjacent to an activating group) is 1. The van der Waals surface area contributed by atoms with Gasteiger partial charge in [0.2, 0.25) is 5.91 Å². The fraction of sp³-hybridized carbons (Fsp3) is 0.421. The Bertz CT molecular complexity index is 818. The number of ether oxygens (including phenoxy) is 1. The first-order valence-corrected chi connectivity index (χ1v) is 9.56. The smallest absolute Gasteiger partial charge is 0.320 e. The Kier molecular flexibility index (Phi) is 5.68. The molecule has 2 heterocycles. The molecular weight excluding hydrogens is 350 g/mol. The molecule has 0 N–H and O–H groups in total. The van der Waals surface area contributed by atoms with Gasteiger partial charge in [-0.05, 0) is 45.0 Å². The van der Waals surface area contributed by atoms with E-state index < -0.39 is 0 Å². The summed E-state index contributed by atoms with van der Waals surface area (Å²) < 4.78 is 4.92. The number of amides is 1. The summed E-state index contributed by atoms with van der Waals surface area (Å²) in [6, 6.07) is 6.14. The average Bonchev–Trinajstić information content (AvgIpc) is 3.20. The summed E-state index contributed by atoms with van der Waals surface area (Å²) in [5.41, 5.74) is 4.18. The molecule has 3 rings (SSSR count). The van der Waals surface area contributed by atoms with E-state index in [9.17, 15) is 9.59 Å². The molecule has 1 aliphatic heterocycles. The number of aromatic nitrogens is 1. The summed E-state index contributed by atoms with van der Waals surface area (Å²) in [7, 11) is 1.75. The highest BCUT2D eigenvalue weighted by Crippen LogP contribution is 2.32. The number of rotatable bonds is 6. The molecule has 0 spiro atoms. The van der Waals surface area contributed by atoms with Crippen molar-refractivity contribution >= 4 is 28.9 Å². The van der Waals surface area contributed by atoms with Crippen LogP contribution in [0.1, 0.15) is 17.5 Å². The molecule has 0 bridgehead atoms. The number of hydrogen-bond donors (Lipinski definition) is 0. The number of thiazole rings is 1. The van der Waals surface area contributed by atoms with Crippen LogP contribution in [-0.2, 0) is 20.7 Å². The number of fused-ring (bicyclic) bond motifs is 1. The number of carbonyl (C=O) groups is 2. The molecule has 1 aromatic heterocycles.